The van der Waals surface area contributed by atoms with E-state index in [9.17, 15) is 19.1 Å². The van der Waals surface area contributed by atoms with Gasteiger partial charge in [-0.1, -0.05) is 54.8 Å². The zero-order valence-electron chi connectivity index (χ0n) is 27.2. The summed E-state index contributed by atoms with van der Waals surface area (Å²) in [4.78, 5) is 29.4. The second-order valence-corrected chi connectivity index (χ2v) is 15.0. The number of anilines is 2. The van der Waals surface area contributed by atoms with Crippen LogP contribution in [0.25, 0.3) is 5.57 Å². The van der Waals surface area contributed by atoms with Gasteiger partial charge in [-0.15, -0.1) is 0 Å². The van der Waals surface area contributed by atoms with Crippen LogP contribution in [0.3, 0.4) is 0 Å². The van der Waals surface area contributed by atoms with Gasteiger partial charge < -0.3 is 10.2 Å². The SMILES string of the molecule is CCNc1c([N+](=O)[O-])cc(C(=O)NS(=O)c2ccc(N3CCN(CC4=C(c5ccc(Cl)cc5)CC(C)(C)CC4)CC3)cc2)c(Cl)c1C. The lowest BCUT2D eigenvalue weighted by Crippen LogP contribution is -2.47. The molecule has 0 saturated carbocycles. The van der Waals surface area contributed by atoms with Crippen LogP contribution in [0.2, 0.25) is 10.0 Å². The zero-order valence-corrected chi connectivity index (χ0v) is 29.5. The second kappa shape index (κ2) is 14.8. The Kier molecular flexibility index (Phi) is 11.0. The molecule has 2 aliphatic rings. The molecule has 3 aromatic carbocycles. The molecule has 9 nitrogen and oxygen atoms in total. The molecule has 1 aliphatic carbocycles. The highest BCUT2D eigenvalue weighted by atomic mass is 35.5. The van der Waals surface area contributed by atoms with Crippen molar-refractivity contribution in [2.45, 2.75) is 51.9 Å². The molecular formula is C35H41Cl2N5O4S. The Balaban J connectivity index is 1.21. The summed E-state index contributed by atoms with van der Waals surface area (Å²) in [6, 6.07) is 16.6. The molecule has 2 N–H and O–H groups in total. The standard InChI is InChI=1S/C35H41Cl2N5O4S/c1-5-38-33-23(2)32(37)29(20-31(33)42(44)45)34(43)39-47(46)28-12-10-27(11-13-28)41-18-16-40(17-19-41)22-25-14-15-35(3,4)21-30(25)24-6-8-26(36)9-7-24/h6-13,20,38H,5,14-19,21-22H2,1-4H3,(H,39,43). The van der Waals surface area contributed by atoms with E-state index >= 15 is 0 Å². The van der Waals surface area contributed by atoms with Crippen LogP contribution < -0.4 is 14.9 Å². The highest BCUT2D eigenvalue weighted by molar-refractivity contribution is 7.83. The van der Waals surface area contributed by atoms with Gasteiger partial charge in [0.2, 0.25) is 0 Å². The van der Waals surface area contributed by atoms with Gasteiger partial charge in [-0.05, 0) is 91.6 Å². The van der Waals surface area contributed by atoms with Gasteiger partial charge in [0.15, 0.2) is 11.0 Å². The normalized spacial score (nSPS) is 17.4. The van der Waals surface area contributed by atoms with Crippen molar-refractivity contribution in [3.63, 3.8) is 0 Å². The van der Waals surface area contributed by atoms with Crippen molar-refractivity contribution >= 4 is 62.7 Å². The number of piperazine rings is 1. The number of nitro benzene ring substituents is 1. The number of carbonyl (C=O) groups is 1. The van der Waals surface area contributed by atoms with Crippen molar-refractivity contribution in [2.24, 2.45) is 5.41 Å². The van der Waals surface area contributed by atoms with Crippen molar-refractivity contribution in [2.75, 3.05) is 49.5 Å². The molecule has 12 heteroatoms. The van der Waals surface area contributed by atoms with Crippen LogP contribution in [0.1, 0.15) is 61.5 Å². The van der Waals surface area contributed by atoms with E-state index in [-0.39, 0.29) is 27.4 Å². The minimum absolute atomic E-state index is 0.0698. The van der Waals surface area contributed by atoms with Gasteiger partial charge in [0.05, 0.1) is 20.4 Å². The first-order chi connectivity index (χ1) is 22.4. The van der Waals surface area contributed by atoms with Crippen LogP contribution in [-0.2, 0) is 11.0 Å². The number of hydrogen-bond donors (Lipinski definition) is 2. The van der Waals surface area contributed by atoms with Crippen molar-refractivity contribution < 1.29 is 13.9 Å². The van der Waals surface area contributed by atoms with Crippen molar-refractivity contribution in [1.29, 1.82) is 0 Å². The number of allylic oxidation sites excluding steroid dienone is 1. The lowest BCUT2D eigenvalue weighted by Gasteiger charge is -2.39. The van der Waals surface area contributed by atoms with Gasteiger partial charge in [-0.3, -0.25) is 24.5 Å². The average molecular weight is 699 g/mol. The first kappa shape index (κ1) is 34.9. The molecule has 1 unspecified atom stereocenters. The number of nitro groups is 1. The van der Waals surface area contributed by atoms with Gasteiger partial charge >= 0.3 is 0 Å². The van der Waals surface area contributed by atoms with Crippen LogP contribution >= 0.6 is 23.2 Å². The molecule has 1 amide bonds. The minimum atomic E-state index is -1.89. The van der Waals surface area contributed by atoms with Crippen molar-refractivity contribution in [3.05, 3.63) is 97.0 Å². The molecule has 1 saturated heterocycles. The van der Waals surface area contributed by atoms with E-state index in [1.165, 1.54) is 23.1 Å². The molecule has 0 bridgehead atoms. The van der Waals surface area contributed by atoms with Crippen molar-refractivity contribution in [3.8, 4) is 0 Å². The number of carbonyl (C=O) groups excluding carboxylic acids is 1. The Hall–Kier alpha value is -3.44. The third-order valence-corrected chi connectivity index (χ3v) is 10.8. The molecule has 0 radical (unpaired) electrons. The Labute approximate surface area is 289 Å². The monoisotopic (exact) mass is 697 g/mol. The van der Waals surface area contributed by atoms with Crippen LogP contribution in [0.4, 0.5) is 17.1 Å². The number of rotatable bonds is 10. The predicted octanol–water partition coefficient (Wildman–Crippen LogP) is 7.88. The van der Waals surface area contributed by atoms with Gasteiger partial charge in [0, 0.05) is 56.0 Å². The molecule has 5 rings (SSSR count). The average Bonchev–Trinajstić information content (AvgIpc) is 3.04. The maximum absolute atomic E-state index is 13.1. The number of nitrogens with one attached hydrogen (secondary N) is 2. The summed E-state index contributed by atoms with van der Waals surface area (Å²) in [5.74, 6) is -0.751. The lowest BCUT2D eigenvalue weighted by molar-refractivity contribution is -0.384. The Morgan fingerprint density at radius 3 is 2.32 bits per heavy atom. The number of amides is 1. The molecule has 1 atom stereocenters. The van der Waals surface area contributed by atoms with Gasteiger partial charge in [-0.25, -0.2) is 4.21 Å². The fourth-order valence-corrected chi connectivity index (χ4v) is 7.50. The van der Waals surface area contributed by atoms with Crippen LogP contribution in [0.5, 0.6) is 0 Å². The van der Waals surface area contributed by atoms with E-state index < -0.39 is 21.8 Å². The fourth-order valence-electron chi connectivity index (χ4n) is 6.36. The maximum Gasteiger partial charge on any atom is 0.293 e. The number of nitrogens with zero attached hydrogens (tertiary/aromatic N) is 3. The first-order valence-electron chi connectivity index (χ1n) is 15.8. The third kappa shape index (κ3) is 8.17. The summed E-state index contributed by atoms with van der Waals surface area (Å²) in [6.07, 6.45) is 3.35. The second-order valence-electron chi connectivity index (χ2n) is 12.9. The molecule has 1 heterocycles. The van der Waals surface area contributed by atoms with Crippen LogP contribution in [0, 0.1) is 22.5 Å². The third-order valence-electron chi connectivity index (χ3n) is 9.04. The molecule has 47 heavy (non-hydrogen) atoms. The van der Waals surface area contributed by atoms with Gasteiger partial charge in [-0.2, -0.15) is 0 Å². The zero-order chi connectivity index (χ0) is 33.9. The van der Waals surface area contributed by atoms with Crippen LogP contribution in [-0.4, -0.2) is 59.2 Å². The van der Waals surface area contributed by atoms with E-state index in [0.29, 0.717) is 17.0 Å². The summed E-state index contributed by atoms with van der Waals surface area (Å²) in [7, 11) is -1.89. The lowest BCUT2D eigenvalue weighted by atomic mass is 9.72. The molecule has 1 fully saturated rings. The molecule has 0 aromatic heterocycles. The van der Waals surface area contributed by atoms with E-state index in [1.807, 2.05) is 31.2 Å². The summed E-state index contributed by atoms with van der Waals surface area (Å²) < 4.78 is 15.5. The Morgan fingerprint density at radius 2 is 1.70 bits per heavy atom. The topological polar surface area (TPSA) is 108 Å². The quantitative estimate of drug-likeness (QED) is 0.164. The molecule has 1 aliphatic heterocycles. The van der Waals surface area contributed by atoms with Crippen LogP contribution in [0.15, 0.2) is 65.1 Å². The number of halogens is 2. The van der Waals surface area contributed by atoms with E-state index in [1.54, 1.807) is 19.1 Å². The summed E-state index contributed by atoms with van der Waals surface area (Å²) >= 11 is 12.6. The summed E-state index contributed by atoms with van der Waals surface area (Å²) in [5.41, 5.74) is 5.81. The van der Waals surface area contributed by atoms with E-state index in [0.717, 1.165) is 62.3 Å². The van der Waals surface area contributed by atoms with Crippen molar-refractivity contribution in [1.82, 2.24) is 9.62 Å². The smallest absolute Gasteiger partial charge is 0.293 e. The molecular weight excluding hydrogens is 657 g/mol. The number of hydrogen-bond acceptors (Lipinski definition) is 7. The molecule has 250 valence electrons. The highest BCUT2D eigenvalue weighted by Gasteiger charge is 2.30. The first-order valence-corrected chi connectivity index (χ1v) is 17.8. The fraction of sp³-hybridized carbons (Fsp3) is 0.400. The Bertz CT molecular complexity index is 1700. The minimum Gasteiger partial charge on any atom is -0.380 e. The highest BCUT2D eigenvalue weighted by Crippen LogP contribution is 2.43. The largest absolute Gasteiger partial charge is 0.380 e. The van der Waals surface area contributed by atoms with E-state index in [4.69, 9.17) is 23.2 Å². The van der Waals surface area contributed by atoms with Gasteiger partial charge in [0.1, 0.15) is 5.69 Å². The summed E-state index contributed by atoms with van der Waals surface area (Å²) in [6.45, 7) is 13.1. The van der Waals surface area contributed by atoms with Gasteiger partial charge in [0.25, 0.3) is 11.6 Å². The Morgan fingerprint density at radius 1 is 1.04 bits per heavy atom. The predicted molar refractivity (Wildman–Crippen MR) is 192 cm³/mol. The molecule has 3 aromatic rings. The summed E-state index contributed by atoms with van der Waals surface area (Å²) in [5, 5.41) is 15.4. The molecule has 0 spiro atoms. The van der Waals surface area contributed by atoms with E-state index in [2.05, 4.69) is 45.8 Å². The maximum atomic E-state index is 13.1. The number of benzene rings is 3.